The third-order valence-corrected chi connectivity index (χ3v) is 4.20. The van der Waals surface area contributed by atoms with E-state index in [4.69, 9.17) is 0 Å². The Morgan fingerprint density at radius 1 is 1.48 bits per heavy atom. The molecule has 0 amide bonds. The SMILES string of the molecule is CCCC1(C(=O)O)CCN(Cc2ccccc2[N+](=O)[O-])C1. The van der Waals surface area contributed by atoms with E-state index >= 15 is 0 Å². The third-order valence-electron chi connectivity index (χ3n) is 4.20. The predicted octanol–water partition coefficient (Wildman–Crippen LogP) is 2.67. The number of nitrogens with zero attached hydrogens (tertiary/aromatic N) is 2. The van der Waals surface area contributed by atoms with Gasteiger partial charge in [0.15, 0.2) is 0 Å². The first-order valence-electron chi connectivity index (χ1n) is 7.16. The highest BCUT2D eigenvalue weighted by atomic mass is 16.6. The van der Waals surface area contributed by atoms with Crippen LogP contribution in [0, 0.1) is 15.5 Å². The topological polar surface area (TPSA) is 83.7 Å². The molecular weight excluding hydrogens is 272 g/mol. The van der Waals surface area contributed by atoms with Crippen LogP contribution in [0.3, 0.4) is 0 Å². The number of para-hydroxylation sites is 1. The number of nitro groups is 1. The lowest BCUT2D eigenvalue weighted by Gasteiger charge is -2.24. The van der Waals surface area contributed by atoms with E-state index in [1.54, 1.807) is 18.2 Å². The highest BCUT2D eigenvalue weighted by Crippen LogP contribution is 2.36. The molecule has 1 aromatic carbocycles. The van der Waals surface area contributed by atoms with Crippen LogP contribution in [0.25, 0.3) is 0 Å². The lowest BCUT2D eigenvalue weighted by atomic mass is 9.83. The van der Waals surface area contributed by atoms with Crippen LogP contribution in [0.2, 0.25) is 0 Å². The second-order valence-corrected chi connectivity index (χ2v) is 5.68. The summed E-state index contributed by atoms with van der Waals surface area (Å²) in [6.07, 6.45) is 2.08. The maximum Gasteiger partial charge on any atom is 0.310 e. The molecule has 1 saturated heterocycles. The predicted molar refractivity (Wildman–Crippen MR) is 78.0 cm³/mol. The molecule has 1 fully saturated rings. The number of carbonyl (C=O) groups is 1. The molecular formula is C15H20N2O4. The van der Waals surface area contributed by atoms with Crippen molar-refractivity contribution in [3.63, 3.8) is 0 Å². The van der Waals surface area contributed by atoms with Crippen LogP contribution in [0.15, 0.2) is 24.3 Å². The van der Waals surface area contributed by atoms with E-state index in [0.717, 1.165) is 6.42 Å². The first-order chi connectivity index (χ1) is 9.98. The fourth-order valence-electron chi connectivity index (χ4n) is 3.12. The molecule has 1 aromatic rings. The Labute approximate surface area is 123 Å². The summed E-state index contributed by atoms with van der Waals surface area (Å²) >= 11 is 0. The van der Waals surface area contributed by atoms with Crippen molar-refractivity contribution in [1.29, 1.82) is 0 Å². The van der Waals surface area contributed by atoms with Crippen LogP contribution in [0.1, 0.15) is 31.7 Å². The van der Waals surface area contributed by atoms with Crippen molar-refractivity contribution in [3.8, 4) is 0 Å². The lowest BCUT2D eigenvalue weighted by Crippen LogP contribution is -2.34. The zero-order valence-corrected chi connectivity index (χ0v) is 12.1. The summed E-state index contributed by atoms with van der Waals surface area (Å²) in [6.45, 7) is 3.53. The maximum absolute atomic E-state index is 11.6. The Hall–Kier alpha value is -1.95. The fraction of sp³-hybridized carbons (Fsp3) is 0.533. The van der Waals surface area contributed by atoms with Crippen molar-refractivity contribution < 1.29 is 14.8 Å². The van der Waals surface area contributed by atoms with E-state index < -0.39 is 11.4 Å². The van der Waals surface area contributed by atoms with Gasteiger partial charge in [0.25, 0.3) is 5.69 Å². The van der Waals surface area contributed by atoms with Gasteiger partial charge in [0.2, 0.25) is 0 Å². The zero-order valence-electron chi connectivity index (χ0n) is 12.1. The summed E-state index contributed by atoms with van der Waals surface area (Å²) in [5.74, 6) is -0.755. The number of aliphatic carboxylic acids is 1. The van der Waals surface area contributed by atoms with Gasteiger partial charge in [0.1, 0.15) is 0 Å². The van der Waals surface area contributed by atoms with E-state index in [2.05, 4.69) is 0 Å². The molecule has 21 heavy (non-hydrogen) atoms. The Balaban J connectivity index is 2.13. The van der Waals surface area contributed by atoms with Gasteiger partial charge in [-0.2, -0.15) is 0 Å². The summed E-state index contributed by atoms with van der Waals surface area (Å²) in [7, 11) is 0. The van der Waals surface area contributed by atoms with Gasteiger partial charge in [-0.1, -0.05) is 31.5 Å². The van der Waals surface area contributed by atoms with Gasteiger partial charge in [-0.3, -0.25) is 19.8 Å². The second-order valence-electron chi connectivity index (χ2n) is 5.68. The maximum atomic E-state index is 11.6. The van der Waals surface area contributed by atoms with E-state index in [0.29, 0.717) is 38.0 Å². The average molecular weight is 292 g/mol. The number of likely N-dealkylation sites (tertiary alicyclic amines) is 1. The van der Waals surface area contributed by atoms with Crippen LogP contribution in [0.4, 0.5) is 5.69 Å². The molecule has 0 saturated carbocycles. The van der Waals surface area contributed by atoms with Crippen LogP contribution in [-0.2, 0) is 11.3 Å². The molecule has 0 aliphatic carbocycles. The Bertz CT molecular complexity index is 546. The highest BCUT2D eigenvalue weighted by molar-refractivity contribution is 5.75. The van der Waals surface area contributed by atoms with Gasteiger partial charge in [-0.05, 0) is 19.4 Å². The molecule has 2 rings (SSSR count). The number of hydrogen-bond acceptors (Lipinski definition) is 4. The number of hydrogen-bond donors (Lipinski definition) is 1. The minimum atomic E-state index is -0.755. The van der Waals surface area contributed by atoms with Crippen molar-refractivity contribution in [2.24, 2.45) is 5.41 Å². The minimum Gasteiger partial charge on any atom is -0.481 e. The Morgan fingerprint density at radius 2 is 2.19 bits per heavy atom. The molecule has 1 heterocycles. The van der Waals surface area contributed by atoms with Crippen LogP contribution < -0.4 is 0 Å². The molecule has 1 N–H and O–H groups in total. The summed E-state index contributed by atoms with van der Waals surface area (Å²) in [5.41, 5.74) is 0.0409. The Kier molecular flexibility index (Phi) is 4.57. The molecule has 1 aliphatic rings. The van der Waals surface area contributed by atoms with Gasteiger partial charge in [0, 0.05) is 24.7 Å². The molecule has 0 bridgehead atoms. The molecule has 0 radical (unpaired) electrons. The smallest absolute Gasteiger partial charge is 0.310 e. The van der Waals surface area contributed by atoms with Gasteiger partial charge < -0.3 is 5.11 Å². The molecule has 1 unspecified atom stereocenters. The number of carboxylic acids is 1. The van der Waals surface area contributed by atoms with Crippen molar-refractivity contribution in [1.82, 2.24) is 4.90 Å². The first kappa shape index (κ1) is 15.4. The first-order valence-corrected chi connectivity index (χ1v) is 7.16. The molecule has 0 aromatic heterocycles. The molecule has 0 spiro atoms. The van der Waals surface area contributed by atoms with E-state index in [1.165, 1.54) is 6.07 Å². The van der Waals surface area contributed by atoms with Gasteiger partial charge >= 0.3 is 5.97 Å². The Morgan fingerprint density at radius 3 is 2.81 bits per heavy atom. The average Bonchev–Trinajstić information content (AvgIpc) is 2.84. The normalized spacial score (nSPS) is 22.3. The molecule has 6 nitrogen and oxygen atoms in total. The van der Waals surface area contributed by atoms with E-state index in [1.807, 2.05) is 11.8 Å². The quantitative estimate of drug-likeness (QED) is 0.643. The van der Waals surface area contributed by atoms with Crippen LogP contribution in [-0.4, -0.2) is 34.0 Å². The summed E-state index contributed by atoms with van der Waals surface area (Å²) < 4.78 is 0. The summed E-state index contributed by atoms with van der Waals surface area (Å²) in [4.78, 5) is 24.2. The molecule has 114 valence electrons. The molecule has 6 heteroatoms. The monoisotopic (exact) mass is 292 g/mol. The van der Waals surface area contributed by atoms with E-state index in [9.17, 15) is 20.0 Å². The second kappa shape index (κ2) is 6.22. The minimum absolute atomic E-state index is 0.0980. The number of nitro benzene ring substituents is 1. The standard InChI is InChI=1S/C15H20N2O4/c1-2-7-15(14(18)19)8-9-16(11-15)10-12-5-3-4-6-13(12)17(20)21/h3-6H,2,7-11H2,1H3,(H,18,19). The number of rotatable bonds is 6. The summed E-state index contributed by atoms with van der Waals surface area (Å²) in [5, 5.41) is 20.5. The molecule has 1 atom stereocenters. The zero-order chi connectivity index (χ0) is 15.5. The van der Waals surface area contributed by atoms with E-state index in [-0.39, 0.29) is 10.6 Å². The van der Waals surface area contributed by atoms with Crippen molar-refractivity contribution in [2.75, 3.05) is 13.1 Å². The lowest BCUT2D eigenvalue weighted by molar-refractivity contribution is -0.385. The molecule has 1 aliphatic heterocycles. The van der Waals surface area contributed by atoms with Crippen LogP contribution in [0.5, 0.6) is 0 Å². The largest absolute Gasteiger partial charge is 0.481 e. The third kappa shape index (κ3) is 3.21. The van der Waals surface area contributed by atoms with Gasteiger partial charge in [0.05, 0.1) is 10.3 Å². The number of carboxylic acid groups (broad SMARTS) is 1. The van der Waals surface area contributed by atoms with Gasteiger partial charge in [-0.15, -0.1) is 0 Å². The fourth-order valence-corrected chi connectivity index (χ4v) is 3.12. The van der Waals surface area contributed by atoms with Crippen molar-refractivity contribution in [2.45, 2.75) is 32.7 Å². The van der Waals surface area contributed by atoms with Crippen LogP contribution >= 0.6 is 0 Å². The van der Waals surface area contributed by atoms with Crippen molar-refractivity contribution >= 4 is 11.7 Å². The summed E-state index contributed by atoms with van der Waals surface area (Å²) in [6, 6.07) is 6.64. The highest BCUT2D eigenvalue weighted by Gasteiger charge is 2.44. The number of benzene rings is 1. The van der Waals surface area contributed by atoms with Crippen molar-refractivity contribution in [3.05, 3.63) is 39.9 Å². The van der Waals surface area contributed by atoms with Gasteiger partial charge in [-0.25, -0.2) is 0 Å².